The van der Waals surface area contributed by atoms with Crippen molar-refractivity contribution in [3.63, 3.8) is 0 Å². The Bertz CT molecular complexity index is 1020. The standard InChI is InChI=1S/C25H25NO4/c1-17-8-10-20(11-9-17)25(28)26(4)21-12-14-22(15-13-21)30-23(27)16-29-24-18(2)6-5-7-19(24)3/h5-15H,16H2,1-4H3. The molecular formula is C25H25NO4. The van der Waals surface area contributed by atoms with Gasteiger partial charge in [0.1, 0.15) is 11.5 Å². The molecule has 5 heteroatoms. The van der Waals surface area contributed by atoms with E-state index >= 15 is 0 Å². The molecule has 0 aliphatic heterocycles. The Hall–Kier alpha value is -3.60. The molecule has 0 atom stereocenters. The highest BCUT2D eigenvalue weighted by Crippen LogP contribution is 2.23. The molecule has 0 bridgehead atoms. The SMILES string of the molecule is Cc1ccc(C(=O)N(C)c2ccc(OC(=O)COc3c(C)cccc3C)cc2)cc1. The summed E-state index contributed by atoms with van der Waals surface area (Å²) in [5.41, 5.74) is 4.35. The Balaban J connectivity index is 1.59. The molecule has 154 valence electrons. The summed E-state index contributed by atoms with van der Waals surface area (Å²) in [5.74, 6) is 0.488. The molecule has 5 nitrogen and oxygen atoms in total. The van der Waals surface area contributed by atoms with Gasteiger partial charge >= 0.3 is 5.97 Å². The van der Waals surface area contributed by atoms with E-state index in [1.54, 1.807) is 48.3 Å². The fourth-order valence-electron chi connectivity index (χ4n) is 3.06. The van der Waals surface area contributed by atoms with Crippen LogP contribution in [0.2, 0.25) is 0 Å². The average molecular weight is 403 g/mol. The number of aryl methyl sites for hydroxylation is 3. The number of benzene rings is 3. The number of hydrogen-bond donors (Lipinski definition) is 0. The first kappa shape index (κ1) is 21.1. The molecule has 1 amide bonds. The Morgan fingerprint density at radius 2 is 1.43 bits per heavy atom. The van der Waals surface area contributed by atoms with Crippen molar-refractivity contribution >= 4 is 17.6 Å². The van der Waals surface area contributed by atoms with Gasteiger partial charge in [-0.15, -0.1) is 0 Å². The second-order valence-electron chi connectivity index (χ2n) is 7.21. The van der Waals surface area contributed by atoms with Gasteiger partial charge in [0.2, 0.25) is 0 Å². The fourth-order valence-corrected chi connectivity index (χ4v) is 3.06. The van der Waals surface area contributed by atoms with Crippen molar-refractivity contribution in [3.05, 3.63) is 89.0 Å². The van der Waals surface area contributed by atoms with Crippen LogP contribution in [0.3, 0.4) is 0 Å². The van der Waals surface area contributed by atoms with Crippen molar-refractivity contribution in [2.45, 2.75) is 20.8 Å². The Morgan fingerprint density at radius 1 is 0.833 bits per heavy atom. The first-order valence-corrected chi connectivity index (χ1v) is 9.69. The van der Waals surface area contributed by atoms with Gasteiger partial charge in [-0.3, -0.25) is 4.79 Å². The van der Waals surface area contributed by atoms with E-state index in [2.05, 4.69) is 0 Å². The number of rotatable bonds is 6. The van der Waals surface area contributed by atoms with Gasteiger partial charge in [-0.1, -0.05) is 35.9 Å². The van der Waals surface area contributed by atoms with Gasteiger partial charge in [-0.25, -0.2) is 4.79 Å². The summed E-state index contributed by atoms with van der Waals surface area (Å²) in [6.45, 7) is 5.66. The molecule has 3 rings (SSSR count). The summed E-state index contributed by atoms with van der Waals surface area (Å²) in [4.78, 5) is 26.3. The number of para-hydroxylation sites is 1. The van der Waals surface area contributed by atoms with Gasteiger partial charge in [0.25, 0.3) is 5.91 Å². The summed E-state index contributed by atoms with van der Waals surface area (Å²) < 4.78 is 11.0. The molecule has 0 N–H and O–H groups in total. The molecule has 0 spiro atoms. The monoisotopic (exact) mass is 403 g/mol. The predicted molar refractivity (Wildman–Crippen MR) is 117 cm³/mol. The smallest absolute Gasteiger partial charge is 0.349 e. The van der Waals surface area contributed by atoms with Gasteiger partial charge in [0.05, 0.1) is 0 Å². The molecular weight excluding hydrogens is 378 g/mol. The lowest BCUT2D eigenvalue weighted by Crippen LogP contribution is -2.26. The van der Waals surface area contributed by atoms with Crippen LogP contribution in [0.1, 0.15) is 27.0 Å². The van der Waals surface area contributed by atoms with Crippen molar-refractivity contribution in [3.8, 4) is 11.5 Å². The number of ether oxygens (including phenoxy) is 2. The third kappa shape index (κ3) is 5.06. The summed E-state index contributed by atoms with van der Waals surface area (Å²) in [6.07, 6.45) is 0. The van der Waals surface area contributed by atoms with E-state index < -0.39 is 5.97 Å². The average Bonchev–Trinajstić information content (AvgIpc) is 2.73. The van der Waals surface area contributed by atoms with Crippen LogP contribution in [0.4, 0.5) is 5.69 Å². The van der Waals surface area contributed by atoms with Crippen molar-refractivity contribution in [1.29, 1.82) is 0 Å². The quantitative estimate of drug-likeness (QED) is 0.435. The molecule has 30 heavy (non-hydrogen) atoms. The zero-order valence-corrected chi connectivity index (χ0v) is 17.6. The topological polar surface area (TPSA) is 55.8 Å². The lowest BCUT2D eigenvalue weighted by molar-refractivity contribution is -0.136. The molecule has 0 radical (unpaired) electrons. The highest BCUT2D eigenvalue weighted by Gasteiger charge is 2.14. The number of anilines is 1. The van der Waals surface area contributed by atoms with Crippen LogP contribution >= 0.6 is 0 Å². The van der Waals surface area contributed by atoms with Crippen LogP contribution in [0.25, 0.3) is 0 Å². The van der Waals surface area contributed by atoms with E-state index in [-0.39, 0.29) is 12.5 Å². The van der Waals surface area contributed by atoms with E-state index in [0.717, 1.165) is 16.7 Å². The fraction of sp³-hybridized carbons (Fsp3) is 0.200. The molecule has 0 aliphatic carbocycles. The molecule has 0 fully saturated rings. The van der Waals surface area contributed by atoms with Crippen LogP contribution in [0.15, 0.2) is 66.7 Å². The molecule has 0 heterocycles. The second kappa shape index (κ2) is 9.27. The maximum absolute atomic E-state index is 12.6. The highest BCUT2D eigenvalue weighted by molar-refractivity contribution is 6.05. The number of hydrogen-bond acceptors (Lipinski definition) is 4. The van der Waals surface area contributed by atoms with E-state index in [1.807, 2.05) is 51.1 Å². The maximum atomic E-state index is 12.6. The van der Waals surface area contributed by atoms with Crippen LogP contribution in [-0.4, -0.2) is 25.5 Å². The largest absolute Gasteiger partial charge is 0.481 e. The lowest BCUT2D eigenvalue weighted by Gasteiger charge is -2.18. The molecule has 0 aliphatic rings. The minimum Gasteiger partial charge on any atom is -0.481 e. The molecule has 0 saturated heterocycles. The zero-order chi connectivity index (χ0) is 21.7. The molecule has 3 aromatic rings. The van der Waals surface area contributed by atoms with Gasteiger partial charge in [0, 0.05) is 18.3 Å². The Morgan fingerprint density at radius 3 is 2.03 bits per heavy atom. The minimum absolute atomic E-state index is 0.109. The van der Waals surface area contributed by atoms with Gasteiger partial charge in [-0.05, 0) is 68.3 Å². The third-order valence-corrected chi connectivity index (χ3v) is 4.80. The molecule has 0 aromatic heterocycles. The first-order valence-electron chi connectivity index (χ1n) is 9.69. The lowest BCUT2D eigenvalue weighted by atomic mass is 10.1. The van der Waals surface area contributed by atoms with Crippen LogP contribution < -0.4 is 14.4 Å². The van der Waals surface area contributed by atoms with Crippen LogP contribution in [0.5, 0.6) is 11.5 Å². The van der Waals surface area contributed by atoms with E-state index in [1.165, 1.54) is 0 Å². The molecule has 0 unspecified atom stereocenters. The number of carbonyl (C=O) groups is 2. The summed E-state index contributed by atoms with van der Waals surface area (Å²) in [5, 5.41) is 0. The van der Waals surface area contributed by atoms with Gasteiger partial charge < -0.3 is 14.4 Å². The summed E-state index contributed by atoms with van der Waals surface area (Å²) in [7, 11) is 1.71. The van der Waals surface area contributed by atoms with Crippen molar-refractivity contribution in [1.82, 2.24) is 0 Å². The Labute approximate surface area is 176 Å². The van der Waals surface area contributed by atoms with E-state index in [4.69, 9.17) is 9.47 Å². The summed E-state index contributed by atoms with van der Waals surface area (Å²) >= 11 is 0. The Kier molecular flexibility index (Phi) is 6.52. The third-order valence-electron chi connectivity index (χ3n) is 4.80. The van der Waals surface area contributed by atoms with Gasteiger partial charge in [-0.2, -0.15) is 0 Å². The number of amides is 1. The van der Waals surface area contributed by atoms with Crippen molar-refractivity contribution < 1.29 is 19.1 Å². The van der Waals surface area contributed by atoms with Crippen LogP contribution in [-0.2, 0) is 4.79 Å². The number of carbonyl (C=O) groups excluding carboxylic acids is 2. The molecule has 0 saturated carbocycles. The van der Waals surface area contributed by atoms with Gasteiger partial charge in [0.15, 0.2) is 6.61 Å². The van der Waals surface area contributed by atoms with Crippen molar-refractivity contribution in [2.24, 2.45) is 0 Å². The van der Waals surface area contributed by atoms with E-state index in [0.29, 0.717) is 22.7 Å². The summed E-state index contributed by atoms with van der Waals surface area (Å²) in [6, 6.07) is 20.0. The van der Waals surface area contributed by atoms with Crippen molar-refractivity contribution in [2.75, 3.05) is 18.6 Å². The highest BCUT2D eigenvalue weighted by atomic mass is 16.6. The van der Waals surface area contributed by atoms with E-state index in [9.17, 15) is 9.59 Å². The maximum Gasteiger partial charge on any atom is 0.349 e. The zero-order valence-electron chi connectivity index (χ0n) is 17.6. The minimum atomic E-state index is -0.491. The number of nitrogens with zero attached hydrogens (tertiary/aromatic N) is 1. The molecule has 3 aromatic carbocycles. The number of esters is 1. The predicted octanol–water partition coefficient (Wildman–Crippen LogP) is 4.87. The second-order valence-corrected chi connectivity index (χ2v) is 7.21. The first-order chi connectivity index (χ1) is 14.3. The van der Waals surface area contributed by atoms with Crippen LogP contribution in [0, 0.1) is 20.8 Å². The normalized spacial score (nSPS) is 10.4.